The summed E-state index contributed by atoms with van der Waals surface area (Å²) in [5, 5.41) is 0. The molecule has 0 spiro atoms. The summed E-state index contributed by atoms with van der Waals surface area (Å²) in [5.41, 5.74) is 12.2. The molecular weight excluding hydrogens is 587 g/mol. The minimum atomic E-state index is 0.670. The van der Waals surface area contributed by atoms with Gasteiger partial charge in [-0.2, -0.15) is 0 Å². The van der Waals surface area contributed by atoms with Crippen LogP contribution in [0.15, 0.2) is 176 Å². The molecule has 0 N–H and O–H groups in total. The number of benzene rings is 4. The van der Waals surface area contributed by atoms with Gasteiger partial charge in [0.25, 0.3) is 0 Å². The number of nitrogens with zero attached hydrogens (tertiary/aromatic N) is 5. The Bertz CT molecular complexity index is 2230. The average Bonchev–Trinajstić information content (AvgIpc) is 3.19. The molecular formula is C43H29N5. The minimum Gasteiger partial charge on any atom is -0.255 e. The molecule has 0 radical (unpaired) electrons. The molecule has 0 saturated carbocycles. The molecule has 0 aliphatic carbocycles. The fraction of sp³-hybridized carbons (Fsp3) is 0. The van der Waals surface area contributed by atoms with E-state index in [1.165, 1.54) is 11.1 Å². The number of rotatable bonds is 7. The van der Waals surface area contributed by atoms with Crippen molar-refractivity contribution in [3.05, 3.63) is 176 Å². The van der Waals surface area contributed by atoms with Crippen molar-refractivity contribution < 1.29 is 0 Å². The molecule has 4 heterocycles. The van der Waals surface area contributed by atoms with Crippen LogP contribution in [0.1, 0.15) is 0 Å². The number of aromatic nitrogens is 5. The van der Waals surface area contributed by atoms with Gasteiger partial charge in [-0.15, -0.1) is 0 Å². The first-order valence-electron chi connectivity index (χ1n) is 15.8. The highest BCUT2D eigenvalue weighted by atomic mass is 14.9. The Morgan fingerprint density at radius 3 is 1.35 bits per heavy atom. The van der Waals surface area contributed by atoms with Gasteiger partial charge in [-0.3, -0.25) is 9.97 Å². The first-order chi connectivity index (χ1) is 23.8. The predicted octanol–water partition coefficient (Wildman–Crippen LogP) is 10.3. The van der Waals surface area contributed by atoms with Crippen molar-refractivity contribution in [3.63, 3.8) is 0 Å². The monoisotopic (exact) mass is 615 g/mol. The topological polar surface area (TPSA) is 64.5 Å². The molecule has 8 aromatic rings. The third kappa shape index (κ3) is 6.13. The van der Waals surface area contributed by atoms with Gasteiger partial charge in [0, 0.05) is 29.1 Å². The molecule has 0 aliphatic heterocycles. The van der Waals surface area contributed by atoms with Gasteiger partial charge in [0.1, 0.15) is 0 Å². The van der Waals surface area contributed by atoms with Gasteiger partial charge in [-0.05, 0) is 64.7 Å². The fourth-order valence-electron chi connectivity index (χ4n) is 5.72. The zero-order valence-electron chi connectivity index (χ0n) is 26.0. The second kappa shape index (κ2) is 13.0. The minimum absolute atomic E-state index is 0.670. The van der Waals surface area contributed by atoms with Gasteiger partial charge in [0.2, 0.25) is 0 Å². The van der Waals surface area contributed by atoms with Crippen molar-refractivity contribution in [1.29, 1.82) is 0 Å². The SMILES string of the molecule is c1ccc(-c2ccc(-c3cc(-c4ccccn4)nc(-c4ccc(-c5cc(-c6ccccc6)nc(-c6ccccc6)n5)cn4)c3)cc2)cc1. The second-order valence-corrected chi connectivity index (χ2v) is 11.4. The molecule has 0 fully saturated rings. The van der Waals surface area contributed by atoms with Crippen molar-refractivity contribution in [2.75, 3.05) is 0 Å². The summed E-state index contributed by atoms with van der Waals surface area (Å²) in [5.74, 6) is 0.670. The molecule has 0 atom stereocenters. The Kier molecular flexibility index (Phi) is 7.83. The van der Waals surface area contributed by atoms with Crippen LogP contribution in [0.25, 0.3) is 78.9 Å². The molecule has 226 valence electrons. The zero-order chi connectivity index (χ0) is 32.1. The van der Waals surface area contributed by atoms with Gasteiger partial charge < -0.3 is 0 Å². The van der Waals surface area contributed by atoms with Crippen LogP contribution in [0.2, 0.25) is 0 Å². The summed E-state index contributed by atoms with van der Waals surface area (Å²) in [4.78, 5) is 24.4. The van der Waals surface area contributed by atoms with Crippen LogP contribution in [0.3, 0.4) is 0 Å². The molecule has 0 aliphatic rings. The van der Waals surface area contributed by atoms with E-state index in [2.05, 4.69) is 83.8 Å². The van der Waals surface area contributed by atoms with Gasteiger partial charge >= 0.3 is 0 Å². The fourth-order valence-corrected chi connectivity index (χ4v) is 5.72. The van der Waals surface area contributed by atoms with Gasteiger partial charge in [0.15, 0.2) is 5.82 Å². The van der Waals surface area contributed by atoms with Crippen molar-refractivity contribution in [2.24, 2.45) is 0 Å². The predicted molar refractivity (Wildman–Crippen MR) is 193 cm³/mol. The lowest BCUT2D eigenvalue weighted by Gasteiger charge is -2.11. The van der Waals surface area contributed by atoms with E-state index in [1.54, 1.807) is 6.20 Å². The van der Waals surface area contributed by atoms with Crippen molar-refractivity contribution in [2.45, 2.75) is 0 Å². The first kappa shape index (κ1) is 28.9. The maximum atomic E-state index is 5.02. The van der Waals surface area contributed by atoms with Crippen LogP contribution < -0.4 is 0 Å². The third-order valence-corrected chi connectivity index (χ3v) is 8.23. The summed E-state index contributed by atoms with van der Waals surface area (Å²) in [6.07, 6.45) is 3.66. The van der Waals surface area contributed by atoms with Crippen molar-refractivity contribution in [1.82, 2.24) is 24.9 Å². The number of hydrogen-bond acceptors (Lipinski definition) is 5. The molecule has 48 heavy (non-hydrogen) atoms. The van der Waals surface area contributed by atoms with E-state index in [1.807, 2.05) is 91.1 Å². The lowest BCUT2D eigenvalue weighted by molar-refractivity contribution is 1.17. The second-order valence-electron chi connectivity index (χ2n) is 11.4. The van der Waals surface area contributed by atoms with Crippen LogP contribution >= 0.6 is 0 Å². The Morgan fingerprint density at radius 2 is 0.771 bits per heavy atom. The smallest absolute Gasteiger partial charge is 0.160 e. The summed E-state index contributed by atoms with van der Waals surface area (Å²) in [7, 11) is 0. The Labute approximate surface area is 279 Å². The maximum Gasteiger partial charge on any atom is 0.160 e. The molecule has 0 unspecified atom stereocenters. The van der Waals surface area contributed by atoms with Crippen molar-refractivity contribution in [3.8, 4) is 78.9 Å². The molecule has 0 saturated heterocycles. The highest BCUT2D eigenvalue weighted by Gasteiger charge is 2.14. The Morgan fingerprint density at radius 1 is 0.271 bits per heavy atom. The van der Waals surface area contributed by atoms with Gasteiger partial charge in [-0.1, -0.05) is 121 Å². The van der Waals surface area contributed by atoms with Crippen molar-refractivity contribution >= 4 is 0 Å². The molecule has 0 amide bonds. The third-order valence-electron chi connectivity index (χ3n) is 8.23. The van der Waals surface area contributed by atoms with Crippen LogP contribution in [-0.4, -0.2) is 24.9 Å². The highest BCUT2D eigenvalue weighted by Crippen LogP contribution is 2.32. The zero-order valence-corrected chi connectivity index (χ0v) is 26.0. The Balaban J connectivity index is 1.18. The molecule has 4 aromatic carbocycles. The van der Waals surface area contributed by atoms with E-state index in [0.29, 0.717) is 5.82 Å². The normalized spacial score (nSPS) is 10.9. The van der Waals surface area contributed by atoms with E-state index >= 15 is 0 Å². The largest absolute Gasteiger partial charge is 0.255 e. The lowest BCUT2D eigenvalue weighted by atomic mass is 9.99. The van der Waals surface area contributed by atoms with E-state index < -0.39 is 0 Å². The summed E-state index contributed by atoms with van der Waals surface area (Å²) < 4.78 is 0. The van der Waals surface area contributed by atoms with Crippen LogP contribution in [0.4, 0.5) is 0 Å². The van der Waals surface area contributed by atoms with Crippen LogP contribution in [0, 0.1) is 0 Å². The lowest BCUT2D eigenvalue weighted by Crippen LogP contribution is -1.97. The highest BCUT2D eigenvalue weighted by molar-refractivity contribution is 5.78. The van der Waals surface area contributed by atoms with Crippen LogP contribution in [0.5, 0.6) is 0 Å². The molecule has 0 bridgehead atoms. The summed E-state index contributed by atoms with van der Waals surface area (Å²) in [6, 6.07) is 55.4. The van der Waals surface area contributed by atoms with Gasteiger partial charge in [0.05, 0.1) is 34.2 Å². The number of pyridine rings is 3. The summed E-state index contributed by atoms with van der Waals surface area (Å²) >= 11 is 0. The standard InChI is InChI=1S/C43H29N5/c1-4-12-30(13-5-1)31-19-21-32(22-20-31)36-26-41(37-18-10-11-25-44-37)46-42(27-36)38-24-23-35(29-45-38)40-28-39(33-14-6-2-7-15-33)47-43(48-40)34-16-8-3-9-17-34/h1-29H. The first-order valence-corrected chi connectivity index (χ1v) is 15.8. The van der Waals surface area contributed by atoms with E-state index in [4.69, 9.17) is 19.9 Å². The van der Waals surface area contributed by atoms with Gasteiger partial charge in [-0.25, -0.2) is 15.0 Å². The molecule has 8 rings (SSSR count). The molecule has 5 nitrogen and oxygen atoms in total. The molecule has 5 heteroatoms. The quantitative estimate of drug-likeness (QED) is 0.178. The van der Waals surface area contributed by atoms with E-state index in [9.17, 15) is 0 Å². The Hall–Kier alpha value is -6.59. The van der Waals surface area contributed by atoms with E-state index in [0.717, 1.165) is 62.0 Å². The summed E-state index contributed by atoms with van der Waals surface area (Å²) in [6.45, 7) is 0. The maximum absolute atomic E-state index is 5.02. The van der Waals surface area contributed by atoms with Crippen LogP contribution in [-0.2, 0) is 0 Å². The molecule has 4 aromatic heterocycles. The average molecular weight is 616 g/mol. The number of hydrogen-bond donors (Lipinski definition) is 0. The van der Waals surface area contributed by atoms with E-state index in [-0.39, 0.29) is 0 Å².